The molecule has 0 fully saturated rings. The van der Waals surface area contributed by atoms with Crippen LogP contribution in [0.15, 0.2) is 18.2 Å². The molecule has 1 rings (SSSR count). The van der Waals surface area contributed by atoms with E-state index >= 15 is 0 Å². The van der Waals surface area contributed by atoms with Crippen LogP contribution in [0.25, 0.3) is 0 Å². The van der Waals surface area contributed by atoms with Crippen molar-refractivity contribution >= 4 is 5.69 Å². The highest BCUT2D eigenvalue weighted by Gasteiger charge is 2.03. The number of nitrogens with one attached hydrogen (secondary N) is 1. The second kappa shape index (κ2) is 6.38. The molecule has 0 heterocycles. The van der Waals surface area contributed by atoms with Gasteiger partial charge >= 0.3 is 0 Å². The molecule has 1 unspecified atom stereocenters. The van der Waals surface area contributed by atoms with Crippen molar-refractivity contribution in [2.75, 3.05) is 19.0 Å². The molecule has 0 aromatic heterocycles. The predicted octanol–water partition coefficient (Wildman–Crippen LogP) is 2.41. The van der Waals surface area contributed by atoms with Gasteiger partial charge in [-0.1, -0.05) is 13.0 Å². The maximum Gasteiger partial charge on any atom is 0.141 e. The molecule has 0 aliphatic heterocycles. The lowest BCUT2D eigenvalue weighted by atomic mass is 10.1. The van der Waals surface area contributed by atoms with Crippen molar-refractivity contribution in [2.24, 2.45) is 5.73 Å². The zero-order valence-corrected chi connectivity index (χ0v) is 10.4. The van der Waals surface area contributed by atoms with Crippen LogP contribution >= 0.6 is 0 Å². The van der Waals surface area contributed by atoms with Gasteiger partial charge in [0.1, 0.15) is 5.75 Å². The number of ether oxygens (including phenoxy) is 1. The van der Waals surface area contributed by atoms with E-state index in [9.17, 15) is 0 Å². The third kappa shape index (κ3) is 3.74. The topological polar surface area (TPSA) is 47.3 Å². The molecule has 0 aliphatic carbocycles. The molecule has 0 saturated heterocycles. The Bertz CT molecular complexity index is 324. The van der Waals surface area contributed by atoms with Crippen LogP contribution in [0.5, 0.6) is 5.75 Å². The number of rotatable bonds is 6. The van der Waals surface area contributed by atoms with Gasteiger partial charge < -0.3 is 15.8 Å². The van der Waals surface area contributed by atoms with Crippen LogP contribution in [-0.2, 0) is 6.42 Å². The molecule has 3 N–H and O–H groups in total. The largest absolute Gasteiger partial charge is 0.495 e. The Labute approximate surface area is 98.0 Å². The number of hydrogen-bond acceptors (Lipinski definition) is 3. The molecule has 1 aromatic carbocycles. The highest BCUT2D eigenvalue weighted by atomic mass is 16.5. The average molecular weight is 222 g/mol. The lowest BCUT2D eigenvalue weighted by Crippen LogP contribution is -2.19. The molecule has 0 radical (unpaired) electrons. The minimum atomic E-state index is 0.229. The summed E-state index contributed by atoms with van der Waals surface area (Å²) < 4.78 is 5.31. The summed E-state index contributed by atoms with van der Waals surface area (Å²) in [6.07, 6.45) is 1.99. The second-order valence-corrected chi connectivity index (χ2v) is 4.08. The number of methoxy groups -OCH3 is 1. The van der Waals surface area contributed by atoms with Gasteiger partial charge in [0.05, 0.1) is 12.8 Å². The third-order valence-electron chi connectivity index (χ3n) is 2.59. The van der Waals surface area contributed by atoms with Gasteiger partial charge in [-0.15, -0.1) is 0 Å². The van der Waals surface area contributed by atoms with E-state index in [1.54, 1.807) is 7.11 Å². The van der Waals surface area contributed by atoms with E-state index in [0.717, 1.165) is 30.8 Å². The summed E-state index contributed by atoms with van der Waals surface area (Å²) in [6.45, 7) is 5.04. The first kappa shape index (κ1) is 12.8. The van der Waals surface area contributed by atoms with Gasteiger partial charge in [-0.2, -0.15) is 0 Å². The summed E-state index contributed by atoms with van der Waals surface area (Å²) in [5.74, 6) is 0.891. The Morgan fingerprint density at radius 1 is 1.44 bits per heavy atom. The molecular weight excluding hydrogens is 200 g/mol. The lowest BCUT2D eigenvalue weighted by Gasteiger charge is -2.13. The van der Waals surface area contributed by atoms with E-state index in [-0.39, 0.29) is 6.04 Å². The lowest BCUT2D eigenvalue weighted by molar-refractivity contribution is 0.416. The molecule has 1 aromatic rings. The second-order valence-electron chi connectivity index (χ2n) is 4.08. The molecule has 0 bridgehead atoms. The van der Waals surface area contributed by atoms with E-state index in [1.807, 2.05) is 13.0 Å². The summed E-state index contributed by atoms with van der Waals surface area (Å²) in [5, 5.41) is 3.37. The highest BCUT2D eigenvalue weighted by molar-refractivity contribution is 5.58. The quantitative estimate of drug-likeness (QED) is 0.777. The van der Waals surface area contributed by atoms with Crippen molar-refractivity contribution in [1.82, 2.24) is 0 Å². The number of benzene rings is 1. The molecule has 0 amide bonds. The minimum absolute atomic E-state index is 0.229. The Morgan fingerprint density at radius 2 is 2.19 bits per heavy atom. The fraction of sp³-hybridized carbons (Fsp3) is 0.538. The van der Waals surface area contributed by atoms with Crippen molar-refractivity contribution in [1.29, 1.82) is 0 Å². The van der Waals surface area contributed by atoms with Gasteiger partial charge in [0, 0.05) is 12.6 Å². The Morgan fingerprint density at radius 3 is 2.75 bits per heavy atom. The zero-order valence-electron chi connectivity index (χ0n) is 10.4. The fourth-order valence-electron chi connectivity index (χ4n) is 1.55. The summed E-state index contributed by atoms with van der Waals surface area (Å²) in [7, 11) is 1.69. The number of hydrogen-bond donors (Lipinski definition) is 2. The van der Waals surface area contributed by atoms with Gasteiger partial charge in [0.25, 0.3) is 0 Å². The smallest absolute Gasteiger partial charge is 0.141 e. The van der Waals surface area contributed by atoms with Gasteiger partial charge in [0.2, 0.25) is 0 Å². The first-order chi connectivity index (χ1) is 7.67. The maximum atomic E-state index is 5.71. The van der Waals surface area contributed by atoms with Crippen LogP contribution < -0.4 is 15.8 Å². The maximum absolute atomic E-state index is 5.71. The Hall–Kier alpha value is -1.22. The molecule has 16 heavy (non-hydrogen) atoms. The van der Waals surface area contributed by atoms with Crippen molar-refractivity contribution in [2.45, 2.75) is 32.7 Å². The van der Waals surface area contributed by atoms with Crippen LogP contribution in [0.2, 0.25) is 0 Å². The SMILES string of the molecule is CCc1ccc(OC)c(NCCC(C)N)c1. The van der Waals surface area contributed by atoms with Crippen LogP contribution in [0.4, 0.5) is 5.69 Å². The average Bonchev–Trinajstić information content (AvgIpc) is 2.28. The molecule has 0 spiro atoms. The van der Waals surface area contributed by atoms with Crippen molar-refractivity contribution in [3.05, 3.63) is 23.8 Å². The van der Waals surface area contributed by atoms with E-state index < -0.39 is 0 Å². The highest BCUT2D eigenvalue weighted by Crippen LogP contribution is 2.25. The van der Waals surface area contributed by atoms with Crippen molar-refractivity contribution < 1.29 is 4.74 Å². The van der Waals surface area contributed by atoms with E-state index in [2.05, 4.69) is 24.4 Å². The van der Waals surface area contributed by atoms with Gasteiger partial charge in [-0.3, -0.25) is 0 Å². The number of nitrogens with two attached hydrogens (primary N) is 1. The van der Waals surface area contributed by atoms with E-state index in [1.165, 1.54) is 5.56 Å². The van der Waals surface area contributed by atoms with Crippen LogP contribution in [0.1, 0.15) is 25.8 Å². The van der Waals surface area contributed by atoms with Crippen molar-refractivity contribution in [3.63, 3.8) is 0 Å². The predicted molar refractivity (Wildman–Crippen MR) is 69.1 cm³/mol. The molecule has 1 atom stereocenters. The fourth-order valence-corrected chi connectivity index (χ4v) is 1.55. The summed E-state index contributed by atoms with van der Waals surface area (Å²) >= 11 is 0. The molecule has 3 heteroatoms. The summed E-state index contributed by atoms with van der Waals surface area (Å²) in [6, 6.07) is 6.47. The zero-order chi connectivity index (χ0) is 12.0. The van der Waals surface area contributed by atoms with Crippen LogP contribution in [0.3, 0.4) is 0 Å². The minimum Gasteiger partial charge on any atom is -0.495 e. The molecule has 90 valence electrons. The number of anilines is 1. The molecule has 3 nitrogen and oxygen atoms in total. The Kier molecular flexibility index (Phi) is 5.12. The van der Waals surface area contributed by atoms with E-state index in [0.29, 0.717) is 0 Å². The third-order valence-corrected chi connectivity index (χ3v) is 2.59. The van der Waals surface area contributed by atoms with Gasteiger partial charge in [-0.25, -0.2) is 0 Å². The van der Waals surface area contributed by atoms with E-state index in [4.69, 9.17) is 10.5 Å². The normalized spacial score (nSPS) is 12.2. The van der Waals surface area contributed by atoms with Gasteiger partial charge in [0.15, 0.2) is 0 Å². The molecule has 0 saturated carbocycles. The Balaban J connectivity index is 2.67. The molecule has 0 aliphatic rings. The molecular formula is C13H22N2O. The number of aryl methyl sites for hydroxylation is 1. The van der Waals surface area contributed by atoms with Crippen LogP contribution in [0, 0.1) is 0 Å². The monoisotopic (exact) mass is 222 g/mol. The van der Waals surface area contributed by atoms with Gasteiger partial charge in [-0.05, 0) is 37.5 Å². The van der Waals surface area contributed by atoms with Crippen LogP contribution in [-0.4, -0.2) is 19.7 Å². The van der Waals surface area contributed by atoms with Crippen molar-refractivity contribution in [3.8, 4) is 5.75 Å². The summed E-state index contributed by atoms with van der Waals surface area (Å²) in [5.41, 5.74) is 8.08. The summed E-state index contributed by atoms with van der Waals surface area (Å²) in [4.78, 5) is 0. The first-order valence-electron chi connectivity index (χ1n) is 5.83. The first-order valence-corrected chi connectivity index (χ1v) is 5.83. The standard InChI is InChI=1S/C13H22N2O/c1-4-11-5-6-13(16-3)12(9-11)15-8-7-10(2)14/h5-6,9-10,15H,4,7-8,14H2,1-3H3.